The van der Waals surface area contributed by atoms with Crippen molar-refractivity contribution in [2.24, 2.45) is 5.10 Å². The van der Waals surface area contributed by atoms with E-state index in [0.29, 0.717) is 16.5 Å². The standard InChI is InChI=1S/C10H9N5O2S/c1-7-12-13-10(18)14(7)11-6-8-4-2-3-5-9(8)15(16)17/h2-6H,1H3,(H,13,18). The summed E-state index contributed by atoms with van der Waals surface area (Å²) in [5, 5.41) is 22.7. The van der Waals surface area contributed by atoms with Crippen molar-refractivity contribution >= 4 is 24.5 Å². The van der Waals surface area contributed by atoms with Gasteiger partial charge < -0.3 is 0 Å². The molecule has 0 radical (unpaired) electrons. The van der Waals surface area contributed by atoms with E-state index in [1.54, 1.807) is 25.1 Å². The molecule has 1 aromatic heterocycles. The van der Waals surface area contributed by atoms with Gasteiger partial charge in [0.05, 0.1) is 16.7 Å². The highest BCUT2D eigenvalue weighted by Crippen LogP contribution is 2.15. The van der Waals surface area contributed by atoms with Crippen LogP contribution in [0.4, 0.5) is 5.69 Å². The second-order valence-corrected chi connectivity index (χ2v) is 3.82. The molecule has 7 nitrogen and oxygen atoms in total. The Morgan fingerprint density at radius 1 is 1.44 bits per heavy atom. The van der Waals surface area contributed by atoms with Crippen molar-refractivity contribution in [3.8, 4) is 0 Å². The second kappa shape index (κ2) is 4.96. The third-order valence-corrected chi connectivity index (χ3v) is 2.50. The summed E-state index contributed by atoms with van der Waals surface area (Å²) in [6.07, 6.45) is 1.38. The summed E-state index contributed by atoms with van der Waals surface area (Å²) in [4.78, 5) is 10.4. The van der Waals surface area contributed by atoms with Crippen LogP contribution in [-0.2, 0) is 0 Å². The first kappa shape index (κ1) is 12.2. The number of hydrogen-bond donors (Lipinski definition) is 1. The molecule has 0 bridgehead atoms. The number of thiol groups is 1. The Kier molecular flexibility index (Phi) is 3.38. The van der Waals surface area contributed by atoms with E-state index in [9.17, 15) is 10.1 Å². The molecule has 0 saturated heterocycles. The molecule has 8 heteroatoms. The van der Waals surface area contributed by atoms with Crippen LogP contribution in [0, 0.1) is 17.0 Å². The molecule has 0 aliphatic rings. The van der Waals surface area contributed by atoms with Gasteiger partial charge in [0.15, 0.2) is 5.82 Å². The minimum absolute atomic E-state index is 0.00677. The molecule has 2 aromatic rings. The van der Waals surface area contributed by atoms with E-state index in [2.05, 4.69) is 27.9 Å². The van der Waals surface area contributed by atoms with Gasteiger partial charge in [-0.2, -0.15) is 9.78 Å². The molecule has 0 aliphatic heterocycles. The van der Waals surface area contributed by atoms with Crippen molar-refractivity contribution in [2.75, 3.05) is 0 Å². The molecule has 1 aromatic carbocycles. The van der Waals surface area contributed by atoms with E-state index >= 15 is 0 Å². The third-order valence-electron chi connectivity index (χ3n) is 2.23. The Morgan fingerprint density at radius 3 is 2.78 bits per heavy atom. The molecule has 0 spiro atoms. The van der Waals surface area contributed by atoms with Crippen LogP contribution in [0.2, 0.25) is 0 Å². The van der Waals surface area contributed by atoms with Crippen LogP contribution in [-0.4, -0.2) is 26.0 Å². The van der Waals surface area contributed by atoms with Gasteiger partial charge in [-0.25, -0.2) is 0 Å². The maximum Gasteiger partial charge on any atom is 0.278 e. The lowest BCUT2D eigenvalue weighted by Gasteiger charge is -1.98. The number of nitro benzene ring substituents is 1. The fraction of sp³-hybridized carbons (Fsp3) is 0.100. The number of para-hydroxylation sites is 1. The SMILES string of the molecule is Cc1nnc(S)n1N=Cc1ccccc1[N+](=O)[O-]. The number of aryl methyl sites for hydroxylation is 1. The molecule has 0 N–H and O–H groups in total. The quantitative estimate of drug-likeness (QED) is 0.395. The number of benzene rings is 1. The van der Waals surface area contributed by atoms with Gasteiger partial charge in [0.1, 0.15) is 0 Å². The average molecular weight is 263 g/mol. The largest absolute Gasteiger partial charge is 0.278 e. The summed E-state index contributed by atoms with van der Waals surface area (Å²) < 4.78 is 1.39. The molecule has 0 unspecified atom stereocenters. The molecule has 1 heterocycles. The van der Waals surface area contributed by atoms with E-state index in [4.69, 9.17) is 0 Å². The monoisotopic (exact) mass is 263 g/mol. The molecular formula is C10H9N5O2S. The van der Waals surface area contributed by atoms with Crippen molar-refractivity contribution in [2.45, 2.75) is 12.1 Å². The lowest BCUT2D eigenvalue weighted by molar-refractivity contribution is -0.385. The number of hydrogen-bond acceptors (Lipinski definition) is 6. The summed E-state index contributed by atoms with van der Waals surface area (Å²) >= 11 is 4.07. The maximum atomic E-state index is 10.8. The molecule has 18 heavy (non-hydrogen) atoms. The minimum Gasteiger partial charge on any atom is -0.258 e. The summed E-state index contributed by atoms with van der Waals surface area (Å²) in [6.45, 7) is 1.71. The lowest BCUT2D eigenvalue weighted by Crippen LogP contribution is -1.97. The highest BCUT2D eigenvalue weighted by molar-refractivity contribution is 7.80. The topological polar surface area (TPSA) is 86.2 Å². The Bertz CT molecular complexity index is 603. The lowest BCUT2D eigenvalue weighted by atomic mass is 10.2. The van der Waals surface area contributed by atoms with Crippen LogP contribution in [0.5, 0.6) is 0 Å². The van der Waals surface area contributed by atoms with Crippen molar-refractivity contribution in [1.82, 2.24) is 14.9 Å². The van der Waals surface area contributed by atoms with Crippen molar-refractivity contribution < 1.29 is 4.92 Å². The molecule has 0 saturated carbocycles. The van der Waals surface area contributed by atoms with E-state index in [1.165, 1.54) is 17.0 Å². The molecule has 0 aliphatic carbocycles. The first-order valence-corrected chi connectivity index (χ1v) is 5.43. The number of nitro groups is 1. The van der Waals surface area contributed by atoms with Crippen LogP contribution < -0.4 is 0 Å². The van der Waals surface area contributed by atoms with Crippen LogP contribution in [0.25, 0.3) is 0 Å². The van der Waals surface area contributed by atoms with Crippen molar-refractivity contribution in [3.63, 3.8) is 0 Å². The van der Waals surface area contributed by atoms with Gasteiger partial charge in [0.25, 0.3) is 5.69 Å². The predicted molar refractivity (Wildman–Crippen MR) is 68.1 cm³/mol. The van der Waals surface area contributed by atoms with Crippen LogP contribution >= 0.6 is 12.6 Å². The zero-order chi connectivity index (χ0) is 13.1. The fourth-order valence-electron chi connectivity index (χ4n) is 1.36. The number of aromatic nitrogens is 3. The fourth-order valence-corrected chi connectivity index (χ4v) is 1.61. The van der Waals surface area contributed by atoms with Gasteiger partial charge in [-0.3, -0.25) is 10.1 Å². The highest BCUT2D eigenvalue weighted by atomic mass is 32.1. The van der Waals surface area contributed by atoms with Gasteiger partial charge >= 0.3 is 0 Å². The first-order chi connectivity index (χ1) is 8.59. The van der Waals surface area contributed by atoms with E-state index in [0.717, 1.165) is 0 Å². The molecule has 0 atom stereocenters. The van der Waals surface area contributed by atoms with Gasteiger partial charge in [-0.1, -0.05) is 12.1 Å². The Morgan fingerprint density at radius 2 is 2.17 bits per heavy atom. The van der Waals surface area contributed by atoms with Crippen LogP contribution in [0.1, 0.15) is 11.4 Å². The van der Waals surface area contributed by atoms with Crippen LogP contribution in [0.15, 0.2) is 34.5 Å². The normalized spacial score (nSPS) is 11.0. The second-order valence-electron chi connectivity index (χ2n) is 3.42. The van der Waals surface area contributed by atoms with Gasteiger partial charge in [0, 0.05) is 6.07 Å². The molecule has 92 valence electrons. The summed E-state index contributed by atoms with van der Waals surface area (Å²) in [5.41, 5.74) is 0.399. The Labute approximate surface area is 108 Å². The summed E-state index contributed by atoms with van der Waals surface area (Å²) in [6, 6.07) is 6.33. The average Bonchev–Trinajstić information content (AvgIpc) is 2.67. The summed E-state index contributed by atoms with van der Waals surface area (Å²) in [7, 11) is 0. The summed E-state index contributed by atoms with van der Waals surface area (Å²) in [5.74, 6) is 0.551. The van der Waals surface area contributed by atoms with E-state index in [-0.39, 0.29) is 5.69 Å². The van der Waals surface area contributed by atoms with Gasteiger partial charge in [-0.15, -0.1) is 22.8 Å². The minimum atomic E-state index is -0.456. The van der Waals surface area contributed by atoms with Gasteiger partial charge in [0.2, 0.25) is 5.16 Å². The number of nitrogens with zero attached hydrogens (tertiary/aromatic N) is 5. The molecular weight excluding hydrogens is 254 g/mol. The van der Waals surface area contributed by atoms with Crippen LogP contribution in [0.3, 0.4) is 0 Å². The number of rotatable bonds is 3. The van der Waals surface area contributed by atoms with Crippen molar-refractivity contribution in [1.29, 1.82) is 0 Å². The zero-order valence-electron chi connectivity index (χ0n) is 9.39. The van der Waals surface area contributed by atoms with E-state index < -0.39 is 4.92 Å². The first-order valence-electron chi connectivity index (χ1n) is 4.98. The molecule has 2 rings (SSSR count). The molecule has 0 amide bonds. The molecule has 0 fully saturated rings. The van der Waals surface area contributed by atoms with E-state index in [1.807, 2.05) is 0 Å². The van der Waals surface area contributed by atoms with Gasteiger partial charge in [-0.05, 0) is 13.0 Å². The Balaban J connectivity index is 2.38. The Hall–Kier alpha value is -2.22. The maximum absolute atomic E-state index is 10.8. The third kappa shape index (κ3) is 2.38. The smallest absolute Gasteiger partial charge is 0.258 e. The predicted octanol–water partition coefficient (Wildman–Crippen LogP) is 1.67. The zero-order valence-corrected chi connectivity index (χ0v) is 10.3. The highest BCUT2D eigenvalue weighted by Gasteiger charge is 2.10. The van der Waals surface area contributed by atoms with Crippen molar-refractivity contribution in [3.05, 3.63) is 45.8 Å².